The fourth-order valence-corrected chi connectivity index (χ4v) is 7.52. The quantitative estimate of drug-likeness (QED) is 0.231. The van der Waals surface area contributed by atoms with Gasteiger partial charge in [-0.25, -0.2) is 14.6 Å². The van der Waals surface area contributed by atoms with E-state index in [4.69, 9.17) is 17.3 Å². The van der Waals surface area contributed by atoms with Gasteiger partial charge in [-0.05, 0) is 61.4 Å². The molecule has 0 radical (unpaired) electrons. The summed E-state index contributed by atoms with van der Waals surface area (Å²) >= 11 is 6.54. The van der Waals surface area contributed by atoms with E-state index < -0.39 is 23.9 Å². The Hall–Kier alpha value is -5.00. The molecular weight excluding hydrogens is 705 g/mol. The van der Waals surface area contributed by atoms with Crippen molar-refractivity contribution in [2.45, 2.75) is 44.0 Å². The monoisotopic (exact) mass is 740 g/mol. The van der Waals surface area contributed by atoms with Gasteiger partial charge < -0.3 is 35.8 Å². The first kappa shape index (κ1) is 35.4. The van der Waals surface area contributed by atoms with Crippen molar-refractivity contribution in [3.8, 4) is 17.1 Å². The molecular formula is C34H36ClF3N10O4. The van der Waals surface area contributed by atoms with E-state index in [2.05, 4.69) is 25.7 Å². The van der Waals surface area contributed by atoms with Crippen molar-refractivity contribution in [2.75, 3.05) is 43.8 Å². The number of pyridine rings is 1. The van der Waals surface area contributed by atoms with Gasteiger partial charge in [0.05, 0.1) is 52.1 Å². The number of anilines is 2. The molecule has 3 saturated heterocycles. The summed E-state index contributed by atoms with van der Waals surface area (Å²) in [4.78, 5) is 51.4. The number of likely N-dealkylation sites (tertiary alicyclic amines) is 2. The summed E-state index contributed by atoms with van der Waals surface area (Å²) in [6, 6.07) is 7.03. The van der Waals surface area contributed by atoms with Crippen LogP contribution in [-0.2, 0) is 18.0 Å². The van der Waals surface area contributed by atoms with E-state index in [-0.39, 0.29) is 62.4 Å². The van der Waals surface area contributed by atoms with Crippen LogP contribution in [0.15, 0.2) is 48.9 Å². The Bertz CT molecular complexity index is 2020. The number of β-amino-alcohol motifs (C(OH)–C–C–N with tert-alkyl or cyclic N) is 1. The summed E-state index contributed by atoms with van der Waals surface area (Å²) in [5.41, 5.74) is 4.94. The van der Waals surface area contributed by atoms with Gasteiger partial charge in [0.2, 0.25) is 5.91 Å². The Labute approximate surface area is 300 Å². The number of carbonyl (C=O) groups excluding carboxylic acids is 3. The summed E-state index contributed by atoms with van der Waals surface area (Å²) in [7, 11) is 1.41. The lowest BCUT2D eigenvalue weighted by Gasteiger charge is -2.39. The molecule has 5 N–H and O–H groups in total. The number of amides is 3. The van der Waals surface area contributed by atoms with Crippen LogP contribution in [0.25, 0.3) is 17.1 Å². The maximum absolute atomic E-state index is 14.0. The van der Waals surface area contributed by atoms with Gasteiger partial charge >= 0.3 is 6.18 Å². The molecule has 52 heavy (non-hydrogen) atoms. The van der Waals surface area contributed by atoms with Gasteiger partial charge in [-0.2, -0.15) is 18.3 Å². The maximum Gasteiger partial charge on any atom is 0.435 e. The number of imidazole rings is 1. The summed E-state index contributed by atoms with van der Waals surface area (Å²) in [6.07, 6.45) is 1.04. The molecule has 18 heteroatoms. The predicted octanol–water partition coefficient (Wildman–Crippen LogP) is 3.35. The highest BCUT2D eigenvalue weighted by atomic mass is 35.5. The summed E-state index contributed by atoms with van der Waals surface area (Å²) in [5.74, 6) is -1.01. The molecule has 3 amide bonds. The molecule has 0 saturated carbocycles. The number of nitrogen functional groups attached to an aromatic ring is 1. The van der Waals surface area contributed by atoms with Gasteiger partial charge in [-0.3, -0.25) is 14.4 Å². The average molecular weight is 741 g/mol. The third-order valence-electron chi connectivity index (χ3n) is 10.2. The highest BCUT2D eigenvalue weighted by Crippen LogP contribution is 2.41. The largest absolute Gasteiger partial charge is 0.435 e. The normalized spacial score (nSPS) is 20.1. The van der Waals surface area contributed by atoms with Crippen LogP contribution in [0.4, 0.5) is 24.5 Å². The molecule has 0 aliphatic carbocycles. The van der Waals surface area contributed by atoms with Crippen molar-refractivity contribution in [1.29, 1.82) is 0 Å². The van der Waals surface area contributed by atoms with Crippen molar-refractivity contribution < 1.29 is 32.7 Å². The molecule has 14 nitrogen and oxygen atoms in total. The number of nitrogens with two attached hydrogens (primary N) is 1. The minimum atomic E-state index is -4.82. The van der Waals surface area contributed by atoms with E-state index in [0.29, 0.717) is 44.8 Å². The number of aliphatic hydroxyl groups is 1. The van der Waals surface area contributed by atoms with Crippen LogP contribution < -0.4 is 16.4 Å². The molecule has 0 unspecified atom stereocenters. The zero-order chi connectivity index (χ0) is 36.9. The van der Waals surface area contributed by atoms with Gasteiger partial charge in [-0.15, -0.1) is 0 Å². The lowest BCUT2D eigenvalue weighted by molar-refractivity contribution is -0.140. The van der Waals surface area contributed by atoms with Crippen LogP contribution in [-0.4, -0.2) is 102 Å². The number of hydrogen-bond donors (Lipinski definition) is 4. The molecule has 1 spiro atoms. The Morgan fingerprint density at radius 2 is 1.79 bits per heavy atom. The highest BCUT2D eigenvalue weighted by Gasteiger charge is 2.45. The van der Waals surface area contributed by atoms with Crippen LogP contribution >= 0.6 is 11.6 Å². The molecule has 6 heterocycles. The van der Waals surface area contributed by atoms with Gasteiger partial charge in [-0.1, -0.05) is 11.6 Å². The van der Waals surface area contributed by atoms with E-state index in [1.54, 1.807) is 4.90 Å². The Balaban J connectivity index is 0.997. The fraction of sp³-hybridized carbons (Fsp3) is 0.412. The first-order valence-electron chi connectivity index (χ1n) is 16.7. The average Bonchev–Trinajstić information content (AvgIpc) is 3.91. The summed E-state index contributed by atoms with van der Waals surface area (Å²) < 4.78 is 44.3. The molecule has 1 aromatic carbocycles. The van der Waals surface area contributed by atoms with E-state index in [1.165, 1.54) is 48.1 Å². The SMILES string of the molecule is Cn1c(-c2cn(-c3ccc(N)cn3)nc2C(F)(F)F)cnc1C(=O)Nc1ccc(C(=O)N2CCC3(CC2)CCN(C(=O)[C@@H]2C[C@@H](O)CN2)C3)c(Cl)c1. The molecule has 3 aliphatic rings. The smallest absolute Gasteiger partial charge is 0.397 e. The van der Waals surface area contributed by atoms with Gasteiger partial charge in [0.1, 0.15) is 0 Å². The Morgan fingerprint density at radius 1 is 1.06 bits per heavy atom. The Kier molecular flexibility index (Phi) is 9.21. The van der Waals surface area contributed by atoms with Crippen LogP contribution in [0.1, 0.15) is 52.4 Å². The van der Waals surface area contributed by atoms with Crippen molar-refractivity contribution in [2.24, 2.45) is 12.5 Å². The van der Waals surface area contributed by atoms with Crippen molar-refractivity contribution in [3.05, 3.63) is 71.0 Å². The van der Waals surface area contributed by atoms with Crippen molar-refractivity contribution in [3.63, 3.8) is 0 Å². The first-order chi connectivity index (χ1) is 24.7. The molecule has 2 atom stereocenters. The lowest BCUT2D eigenvalue weighted by atomic mass is 9.77. The van der Waals surface area contributed by atoms with Crippen LogP contribution in [0, 0.1) is 5.41 Å². The van der Waals surface area contributed by atoms with Crippen molar-refractivity contribution >= 4 is 40.7 Å². The van der Waals surface area contributed by atoms with Gasteiger partial charge in [0, 0.05) is 51.7 Å². The van der Waals surface area contributed by atoms with E-state index >= 15 is 0 Å². The third kappa shape index (κ3) is 6.82. The third-order valence-corrected chi connectivity index (χ3v) is 10.5. The molecule has 7 rings (SSSR count). The Morgan fingerprint density at radius 3 is 2.42 bits per heavy atom. The minimum Gasteiger partial charge on any atom is -0.397 e. The van der Waals surface area contributed by atoms with Gasteiger partial charge in [0.15, 0.2) is 17.3 Å². The minimum absolute atomic E-state index is 0.0102. The standard InChI is InChI=1S/C34H36ClF3N10O4/c1-45-26(23-17-48(44-28(23)34(36,37)38)27-5-2-19(39)14-41-27)16-42-29(45)30(50)43-20-3-4-22(24(35)12-20)31(51)46-9-6-33(7-10-46)8-11-47(18-33)32(52)25-13-21(49)15-40-25/h2-5,12,14,16-17,21,25,40,49H,6-11,13,15,18,39H2,1H3,(H,43,50)/t21-,25+/m1/s1. The molecule has 3 aliphatic heterocycles. The number of aliphatic hydroxyl groups excluding tert-OH is 1. The van der Waals surface area contributed by atoms with Crippen LogP contribution in [0.5, 0.6) is 0 Å². The van der Waals surface area contributed by atoms with E-state index in [0.717, 1.165) is 36.3 Å². The van der Waals surface area contributed by atoms with E-state index in [9.17, 15) is 32.7 Å². The number of nitrogens with zero attached hydrogens (tertiary/aromatic N) is 7. The zero-order valence-electron chi connectivity index (χ0n) is 28.0. The predicted molar refractivity (Wildman–Crippen MR) is 184 cm³/mol. The number of halogens is 4. The molecule has 0 bridgehead atoms. The summed E-state index contributed by atoms with van der Waals surface area (Å²) in [5, 5.41) is 19.4. The lowest BCUT2D eigenvalue weighted by Crippen LogP contribution is -2.46. The number of rotatable bonds is 6. The number of aromatic nitrogens is 5. The van der Waals surface area contributed by atoms with Crippen LogP contribution in [0.3, 0.4) is 0 Å². The molecule has 3 aromatic heterocycles. The summed E-state index contributed by atoms with van der Waals surface area (Å²) in [6.45, 7) is 2.71. The number of alkyl halides is 3. The first-order valence-corrected chi connectivity index (χ1v) is 17.1. The number of benzene rings is 1. The number of piperidine rings is 1. The fourth-order valence-electron chi connectivity index (χ4n) is 7.26. The van der Waals surface area contributed by atoms with Crippen LogP contribution in [0.2, 0.25) is 5.02 Å². The second kappa shape index (κ2) is 13.5. The van der Waals surface area contributed by atoms with Crippen molar-refractivity contribution in [1.82, 2.24) is 39.4 Å². The zero-order valence-corrected chi connectivity index (χ0v) is 28.8. The maximum atomic E-state index is 14.0. The van der Waals surface area contributed by atoms with E-state index in [1.807, 2.05) is 4.90 Å². The van der Waals surface area contributed by atoms with Gasteiger partial charge in [0.25, 0.3) is 11.8 Å². The second-order valence-electron chi connectivity index (χ2n) is 13.6. The number of hydrogen-bond acceptors (Lipinski definition) is 9. The second-order valence-corrected chi connectivity index (χ2v) is 14.0. The number of carbonyl (C=O) groups is 3. The molecule has 274 valence electrons. The number of nitrogens with one attached hydrogen (secondary N) is 2. The molecule has 4 aromatic rings. The topological polar surface area (TPSA) is 177 Å². The highest BCUT2D eigenvalue weighted by molar-refractivity contribution is 6.34. The molecule has 3 fully saturated rings.